The molecule has 0 bridgehead atoms. The molecule has 0 radical (unpaired) electrons. The quantitative estimate of drug-likeness (QED) is 0.626. The molecular formula is C21H21FN2O4S. The summed E-state index contributed by atoms with van der Waals surface area (Å²) in [4.78, 5) is 12.9. The fourth-order valence-corrected chi connectivity index (χ4v) is 3.69. The Hall–Kier alpha value is -2.97. The van der Waals surface area contributed by atoms with E-state index in [-0.39, 0.29) is 22.8 Å². The van der Waals surface area contributed by atoms with Crippen LogP contribution in [0, 0.1) is 12.7 Å². The molecule has 152 valence electrons. The average Bonchev–Trinajstić information content (AvgIpc) is 2.95. The number of carbonyl (C=O) groups is 1. The monoisotopic (exact) mass is 416 g/mol. The van der Waals surface area contributed by atoms with Gasteiger partial charge in [-0.25, -0.2) is 17.9 Å². The van der Waals surface area contributed by atoms with Gasteiger partial charge in [-0.1, -0.05) is 12.1 Å². The third kappa shape index (κ3) is 4.23. The minimum atomic E-state index is -3.79. The summed E-state index contributed by atoms with van der Waals surface area (Å²) in [7, 11) is -0.614. The number of halogens is 1. The number of hydrogen-bond acceptors (Lipinski definition) is 4. The summed E-state index contributed by atoms with van der Waals surface area (Å²) in [5.41, 5.74) is 2.44. The van der Waals surface area contributed by atoms with E-state index in [4.69, 9.17) is 9.88 Å². The summed E-state index contributed by atoms with van der Waals surface area (Å²) < 4.78 is 44.0. The first-order valence-corrected chi connectivity index (χ1v) is 10.3. The average molecular weight is 416 g/mol. The minimum Gasteiger partial charge on any atom is -0.497 e. The Morgan fingerprint density at radius 3 is 2.34 bits per heavy atom. The SMILES string of the molecule is COc1ccc(C(=O)c2cc(F)c(Cc3ccc(S(N)(=O)=O)cc3)n2C)c(C)c1. The molecule has 2 aromatic carbocycles. The number of nitrogens with two attached hydrogens (primary N) is 1. The Morgan fingerprint density at radius 1 is 1.14 bits per heavy atom. The van der Waals surface area contributed by atoms with Gasteiger partial charge >= 0.3 is 0 Å². The number of primary sulfonamides is 1. The molecule has 29 heavy (non-hydrogen) atoms. The molecule has 3 rings (SSSR count). The number of rotatable bonds is 6. The van der Waals surface area contributed by atoms with Crippen LogP contribution in [0.2, 0.25) is 0 Å². The second-order valence-corrected chi connectivity index (χ2v) is 8.32. The Balaban J connectivity index is 1.91. The predicted octanol–water partition coefficient (Wildman–Crippen LogP) is 2.95. The van der Waals surface area contributed by atoms with Crippen molar-refractivity contribution in [3.63, 3.8) is 0 Å². The lowest BCUT2D eigenvalue weighted by Crippen LogP contribution is -2.12. The molecule has 1 heterocycles. The molecule has 3 aromatic rings. The second-order valence-electron chi connectivity index (χ2n) is 6.76. The zero-order valence-electron chi connectivity index (χ0n) is 16.3. The molecule has 2 N–H and O–H groups in total. The van der Waals surface area contributed by atoms with E-state index in [0.29, 0.717) is 22.6 Å². The first-order chi connectivity index (χ1) is 13.6. The highest BCUT2D eigenvalue weighted by molar-refractivity contribution is 7.89. The number of ether oxygens (including phenoxy) is 1. The fourth-order valence-electron chi connectivity index (χ4n) is 3.17. The lowest BCUT2D eigenvalue weighted by atomic mass is 10.0. The van der Waals surface area contributed by atoms with Crippen molar-refractivity contribution in [3.05, 3.63) is 82.4 Å². The van der Waals surface area contributed by atoms with Crippen molar-refractivity contribution in [2.45, 2.75) is 18.2 Å². The third-order valence-corrected chi connectivity index (χ3v) is 5.77. The number of sulfonamides is 1. The summed E-state index contributed by atoms with van der Waals surface area (Å²) in [6, 6.07) is 12.2. The maximum atomic E-state index is 14.6. The normalized spacial score (nSPS) is 11.5. The van der Waals surface area contributed by atoms with Gasteiger partial charge in [-0.3, -0.25) is 4.79 Å². The molecule has 0 atom stereocenters. The van der Waals surface area contributed by atoms with E-state index in [9.17, 15) is 17.6 Å². The van der Waals surface area contributed by atoms with E-state index < -0.39 is 15.8 Å². The Bertz CT molecular complexity index is 1180. The van der Waals surface area contributed by atoms with Crippen molar-refractivity contribution in [1.29, 1.82) is 0 Å². The van der Waals surface area contributed by atoms with Gasteiger partial charge in [0.1, 0.15) is 11.6 Å². The number of nitrogens with zero attached hydrogens (tertiary/aromatic N) is 1. The van der Waals surface area contributed by atoms with Crippen LogP contribution in [0.5, 0.6) is 5.75 Å². The maximum absolute atomic E-state index is 14.6. The van der Waals surface area contributed by atoms with Crippen molar-refractivity contribution < 1.29 is 22.3 Å². The van der Waals surface area contributed by atoms with Gasteiger partial charge in [-0.15, -0.1) is 0 Å². The van der Waals surface area contributed by atoms with E-state index in [1.54, 1.807) is 51.4 Å². The molecule has 0 spiro atoms. The molecule has 6 nitrogen and oxygen atoms in total. The van der Waals surface area contributed by atoms with Crippen molar-refractivity contribution in [3.8, 4) is 5.75 Å². The summed E-state index contributed by atoms with van der Waals surface area (Å²) >= 11 is 0. The van der Waals surface area contributed by atoms with E-state index >= 15 is 0 Å². The first-order valence-electron chi connectivity index (χ1n) is 8.77. The number of aromatic nitrogens is 1. The molecule has 0 aliphatic carbocycles. The van der Waals surface area contributed by atoms with Gasteiger partial charge in [0.15, 0.2) is 0 Å². The molecule has 0 unspecified atom stereocenters. The largest absolute Gasteiger partial charge is 0.497 e. The van der Waals surface area contributed by atoms with Crippen LogP contribution >= 0.6 is 0 Å². The molecule has 0 aliphatic heterocycles. The molecule has 1 aromatic heterocycles. The van der Waals surface area contributed by atoms with Crippen molar-refractivity contribution in [2.75, 3.05) is 7.11 Å². The van der Waals surface area contributed by atoms with Gasteiger partial charge in [-0.05, 0) is 48.4 Å². The van der Waals surface area contributed by atoms with Crippen molar-refractivity contribution in [1.82, 2.24) is 4.57 Å². The summed E-state index contributed by atoms with van der Waals surface area (Å²) in [6.45, 7) is 1.79. The van der Waals surface area contributed by atoms with E-state index in [2.05, 4.69) is 0 Å². The highest BCUT2D eigenvalue weighted by Gasteiger charge is 2.21. The van der Waals surface area contributed by atoms with Crippen LogP contribution in [0.4, 0.5) is 4.39 Å². The minimum absolute atomic E-state index is 0.0144. The standard InChI is InChI=1S/C21H21FN2O4S/c1-13-10-15(28-3)6-9-17(13)21(25)20-12-18(22)19(24(20)2)11-14-4-7-16(8-5-14)29(23,26)27/h4-10,12H,11H2,1-3H3,(H2,23,26,27). The third-order valence-electron chi connectivity index (χ3n) is 4.84. The van der Waals surface area contributed by atoms with Gasteiger partial charge in [0.2, 0.25) is 15.8 Å². The van der Waals surface area contributed by atoms with Crippen molar-refractivity contribution in [2.24, 2.45) is 12.2 Å². The molecule has 8 heteroatoms. The number of carbonyl (C=O) groups excluding carboxylic acids is 1. The van der Waals surface area contributed by atoms with Crippen LogP contribution in [0.1, 0.15) is 32.9 Å². The van der Waals surface area contributed by atoms with Crippen LogP contribution in [-0.2, 0) is 23.5 Å². The zero-order valence-corrected chi connectivity index (χ0v) is 17.1. The molecule has 0 saturated carbocycles. The van der Waals surface area contributed by atoms with Gasteiger partial charge in [0, 0.05) is 25.1 Å². The van der Waals surface area contributed by atoms with Crippen LogP contribution < -0.4 is 9.88 Å². The number of ketones is 1. The number of methoxy groups -OCH3 is 1. The second kappa shape index (κ2) is 7.81. The molecule has 0 aliphatic rings. The van der Waals surface area contributed by atoms with Gasteiger partial charge in [-0.2, -0.15) is 0 Å². The van der Waals surface area contributed by atoms with Crippen LogP contribution in [-0.4, -0.2) is 25.9 Å². The summed E-state index contributed by atoms with van der Waals surface area (Å²) in [5, 5.41) is 5.09. The first kappa shape index (κ1) is 20.8. The summed E-state index contributed by atoms with van der Waals surface area (Å²) in [6.07, 6.45) is 0.197. The van der Waals surface area contributed by atoms with Crippen LogP contribution in [0.3, 0.4) is 0 Å². The Labute approximate surface area is 168 Å². The van der Waals surface area contributed by atoms with Gasteiger partial charge in [0.25, 0.3) is 0 Å². The Morgan fingerprint density at radius 2 is 1.79 bits per heavy atom. The molecule has 0 fully saturated rings. The molecule has 0 amide bonds. The van der Waals surface area contributed by atoms with Crippen LogP contribution in [0.25, 0.3) is 0 Å². The molecular weight excluding hydrogens is 395 g/mol. The van der Waals surface area contributed by atoms with E-state index in [1.165, 1.54) is 22.8 Å². The molecule has 0 saturated heterocycles. The lowest BCUT2D eigenvalue weighted by molar-refractivity contribution is 0.103. The van der Waals surface area contributed by atoms with Gasteiger partial charge in [0.05, 0.1) is 23.4 Å². The predicted molar refractivity (Wildman–Crippen MR) is 107 cm³/mol. The number of benzene rings is 2. The Kier molecular flexibility index (Phi) is 5.59. The topological polar surface area (TPSA) is 91.4 Å². The maximum Gasteiger partial charge on any atom is 0.238 e. The van der Waals surface area contributed by atoms with Gasteiger partial charge < -0.3 is 9.30 Å². The summed E-state index contributed by atoms with van der Waals surface area (Å²) in [5.74, 6) is -0.152. The highest BCUT2D eigenvalue weighted by Crippen LogP contribution is 2.24. The van der Waals surface area contributed by atoms with Crippen LogP contribution in [0.15, 0.2) is 53.4 Å². The van der Waals surface area contributed by atoms with E-state index in [0.717, 1.165) is 5.56 Å². The van der Waals surface area contributed by atoms with Crippen molar-refractivity contribution >= 4 is 15.8 Å². The lowest BCUT2D eigenvalue weighted by Gasteiger charge is -2.10. The number of hydrogen-bond donors (Lipinski definition) is 1. The van der Waals surface area contributed by atoms with E-state index in [1.807, 2.05) is 0 Å². The zero-order chi connectivity index (χ0) is 21.3. The highest BCUT2D eigenvalue weighted by atomic mass is 32.2. The smallest absolute Gasteiger partial charge is 0.238 e. The fraction of sp³-hybridized carbons (Fsp3) is 0.190. The number of aryl methyl sites for hydroxylation is 1.